The van der Waals surface area contributed by atoms with Crippen molar-refractivity contribution in [3.63, 3.8) is 0 Å². The molecule has 2 N–H and O–H groups in total. The number of carbonyl (C=O) groups excluding carboxylic acids is 1. The molecule has 1 aliphatic carbocycles. The first-order valence-corrected chi connectivity index (χ1v) is 13.0. The molecule has 1 fully saturated rings. The van der Waals surface area contributed by atoms with Crippen LogP contribution in [-0.4, -0.2) is 47.2 Å². The Morgan fingerprint density at radius 2 is 1.65 bits per heavy atom. The van der Waals surface area contributed by atoms with Crippen molar-refractivity contribution in [1.29, 1.82) is 0 Å². The standard InChI is InChI=1S/C27H28Cl2N6O2/c1-15-22(24(34-37-15)23-19(28)8-6-9-20(23)29)26(36)30-16-11-13-17(14-12-16)31-27-32-21-10-5-4-7-18(21)25(33-27)35(2)3/h4-10,16-17H,11-14H2,1-3H3,(H,30,36)(H,31,32,33). The number of halogens is 2. The van der Waals surface area contributed by atoms with Crippen LogP contribution >= 0.6 is 23.2 Å². The predicted molar refractivity (Wildman–Crippen MR) is 148 cm³/mol. The van der Waals surface area contributed by atoms with Gasteiger partial charge in [0, 0.05) is 37.1 Å². The smallest absolute Gasteiger partial charge is 0.257 e. The fraction of sp³-hybridized carbons (Fsp3) is 0.333. The van der Waals surface area contributed by atoms with Crippen LogP contribution in [0.1, 0.15) is 41.8 Å². The highest BCUT2D eigenvalue weighted by molar-refractivity contribution is 6.39. The molecule has 2 aromatic carbocycles. The van der Waals surface area contributed by atoms with Crippen LogP contribution in [-0.2, 0) is 0 Å². The van der Waals surface area contributed by atoms with Crippen LogP contribution in [0.15, 0.2) is 47.0 Å². The summed E-state index contributed by atoms with van der Waals surface area (Å²) in [5.74, 6) is 1.68. The predicted octanol–water partition coefficient (Wildman–Crippen LogP) is 6.12. The number of fused-ring (bicyclic) bond motifs is 1. The van der Waals surface area contributed by atoms with Crippen molar-refractivity contribution in [2.45, 2.75) is 44.7 Å². The zero-order valence-electron chi connectivity index (χ0n) is 20.9. The van der Waals surface area contributed by atoms with E-state index < -0.39 is 0 Å². The SMILES string of the molecule is Cc1onc(-c2c(Cl)cccc2Cl)c1C(=O)NC1CCC(Nc2nc(N(C)C)c3ccccc3n2)CC1. The summed E-state index contributed by atoms with van der Waals surface area (Å²) in [6.07, 6.45) is 3.41. The van der Waals surface area contributed by atoms with Crippen molar-refractivity contribution < 1.29 is 9.32 Å². The van der Waals surface area contributed by atoms with Crippen LogP contribution < -0.4 is 15.5 Å². The zero-order chi connectivity index (χ0) is 26.1. The average molecular weight is 539 g/mol. The number of nitrogens with one attached hydrogen (secondary N) is 2. The van der Waals surface area contributed by atoms with Gasteiger partial charge in [-0.3, -0.25) is 4.79 Å². The van der Waals surface area contributed by atoms with Gasteiger partial charge in [-0.15, -0.1) is 0 Å². The molecular formula is C27H28Cl2N6O2. The third-order valence-electron chi connectivity index (χ3n) is 6.69. The first-order valence-electron chi connectivity index (χ1n) is 12.2. The highest BCUT2D eigenvalue weighted by Gasteiger charge is 2.28. The highest BCUT2D eigenvalue weighted by atomic mass is 35.5. The number of amides is 1. The molecule has 2 aromatic heterocycles. The number of anilines is 2. The molecule has 5 rings (SSSR count). The van der Waals surface area contributed by atoms with Gasteiger partial charge in [-0.25, -0.2) is 4.98 Å². The highest BCUT2D eigenvalue weighted by Crippen LogP contribution is 2.37. The third kappa shape index (κ3) is 5.22. The van der Waals surface area contributed by atoms with Gasteiger partial charge in [-0.1, -0.05) is 46.6 Å². The molecule has 0 saturated heterocycles. The lowest BCUT2D eigenvalue weighted by atomic mass is 9.91. The molecule has 37 heavy (non-hydrogen) atoms. The second-order valence-corrected chi connectivity index (χ2v) is 10.3. The molecule has 1 saturated carbocycles. The van der Waals surface area contributed by atoms with Gasteiger partial charge in [0.15, 0.2) is 0 Å². The van der Waals surface area contributed by atoms with E-state index in [1.165, 1.54) is 0 Å². The Balaban J connectivity index is 1.25. The third-order valence-corrected chi connectivity index (χ3v) is 7.32. The first kappa shape index (κ1) is 25.3. The minimum atomic E-state index is -0.241. The molecule has 0 unspecified atom stereocenters. The quantitative estimate of drug-likeness (QED) is 0.305. The van der Waals surface area contributed by atoms with E-state index >= 15 is 0 Å². The summed E-state index contributed by atoms with van der Waals surface area (Å²) in [6.45, 7) is 1.71. The van der Waals surface area contributed by atoms with E-state index in [1.807, 2.05) is 43.3 Å². The Kier molecular flexibility index (Phi) is 7.22. The number of hydrogen-bond acceptors (Lipinski definition) is 7. The summed E-state index contributed by atoms with van der Waals surface area (Å²) in [5.41, 5.74) is 2.11. The lowest BCUT2D eigenvalue weighted by molar-refractivity contribution is 0.0925. The molecule has 1 amide bonds. The van der Waals surface area contributed by atoms with Gasteiger partial charge in [0.2, 0.25) is 5.95 Å². The zero-order valence-corrected chi connectivity index (χ0v) is 22.4. The number of carbonyl (C=O) groups is 1. The van der Waals surface area contributed by atoms with Crippen molar-refractivity contribution in [2.24, 2.45) is 0 Å². The summed E-state index contributed by atoms with van der Waals surface area (Å²) in [6, 6.07) is 13.4. The number of benzene rings is 2. The number of nitrogens with zero attached hydrogens (tertiary/aromatic N) is 4. The molecule has 0 spiro atoms. The minimum absolute atomic E-state index is 0.0317. The number of hydrogen-bond donors (Lipinski definition) is 2. The van der Waals surface area contributed by atoms with Crippen LogP contribution in [0.2, 0.25) is 10.0 Å². The van der Waals surface area contributed by atoms with Gasteiger partial charge >= 0.3 is 0 Å². The van der Waals surface area contributed by atoms with E-state index in [0.29, 0.717) is 38.6 Å². The number of aryl methyl sites for hydroxylation is 1. The number of rotatable bonds is 6. The largest absolute Gasteiger partial charge is 0.362 e. The second kappa shape index (κ2) is 10.6. The fourth-order valence-corrected chi connectivity index (χ4v) is 5.40. The van der Waals surface area contributed by atoms with Crippen molar-refractivity contribution in [2.75, 3.05) is 24.3 Å². The molecule has 0 bridgehead atoms. The van der Waals surface area contributed by atoms with E-state index in [2.05, 4.69) is 15.8 Å². The maximum atomic E-state index is 13.3. The summed E-state index contributed by atoms with van der Waals surface area (Å²) in [4.78, 5) is 24.7. The second-order valence-electron chi connectivity index (χ2n) is 9.51. The summed E-state index contributed by atoms with van der Waals surface area (Å²) in [5, 5.41) is 12.6. The van der Waals surface area contributed by atoms with E-state index in [4.69, 9.17) is 37.7 Å². The Labute approximate surface area is 225 Å². The summed E-state index contributed by atoms with van der Waals surface area (Å²) in [7, 11) is 3.96. The first-order chi connectivity index (χ1) is 17.8. The van der Waals surface area contributed by atoms with Crippen LogP contribution in [0.3, 0.4) is 0 Å². The fourth-order valence-electron chi connectivity index (χ4n) is 4.82. The minimum Gasteiger partial charge on any atom is -0.362 e. The monoisotopic (exact) mass is 538 g/mol. The van der Waals surface area contributed by atoms with Crippen LogP contribution in [0.4, 0.5) is 11.8 Å². The Morgan fingerprint density at radius 1 is 0.973 bits per heavy atom. The van der Waals surface area contributed by atoms with Crippen molar-refractivity contribution in [3.8, 4) is 11.3 Å². The molecule has 4 aromatic rings. The maximum absolute atomic E-state index is 13.3. The van der Waals surface area contributed by atoms with Crippen LogP contribution in [0.25, 0.3) is 22.2 Å². The normalized spacial score (nSPS) is 17.5. The lowest BCUT2D eigenvalue weighted by Crippen LogP contribution is -2.40. The molecule has 0 atom stereocenters. The molecule has 1 aliphatic rings. The Bertz CT molecular complexity index is 1430. The molecule has 8 nitrogen and oxygen atoms in total. The van der Waals surface area contributed by atoms with Gasteiger partial charge < -0.3 is 20.1 Å². The van der Waals surface area contributed by atoms with Gasteiger partial charge in [-0.05, 0) is 56.9 Å². The van der Waals surface area contributed by atoms with Gasteiger partial charge in [0.1, 0.15) is 22.8 Å². The van der Waals surface area contributed by atoms with Gasteiger partial charge in [0.25, 0.3) is 5.91 Å². The molecular weight excluding hydrogens is 511 g/mol. The van der Waals surface area contributed by atoms with E-state index in [9.17, 15) is 4.79 Å². The Hall–Kier alpha value is -3.36. The lowest BCUT2D eigenvalue weighted by Gasteiger charge is -2.30. The molecule has 192 valence electrons. The molecule has 10 heteroatoms. The van der Waals surface area contributed by atoms with Crippen molar-refractivity contribution in [1.82, 2.24) is 20.4 Å². The topological polar surface area (TPSA) is 96.2 Å². The van der Waals surface area contributed by atoms with E-state index in [1.54, 1.807) is 25.1 Å². The number of aromatic nitrogens is 3. The van der Waals surface area contributed by atoms with Crippen molar-refractivity contribution >= 4 is 51.8 Å². The van der Waals surface area contributed by atoms with Crippen LogP contribution in [0, 0.1) is 6.92 Å². The summed E-state index contributed by atoms with van der Waals surface area (Å²) >= 11 is 12.7. The van der Waals surface area contributed by atoms with Gasteiger partial charge in [0.05, 0.1) is 15.6 Å². The average Bonchev–Trinajstić information content (AvgIpc) is 3.25. The molecule has 0 radical (unpaired) electrons. The van der Waals surface area contributed by atoms with Crippen molar-refractivity contribution in [3.05, 3.63) is 63.8 Å². The summed E-state index contributed by atoms with van der Waals surface area (Å²) < 4.78 is 5.36. The van der Waals surface area contributed by atoms with E-state index in [-0.39, 0.29) is 18.0 Å². The van der Waals surface area contributed by atoms with Crippen LogP contribution in [0.5, 0.6) is 0 Å². The molecule has 2 heterocycles. The number of para-hydroxylation sites is 1. The molecule has 0 aliphatic heterocycles. The van der Waals surface area contributed by atoms with E-state index in [0.717, 1.165) is 42.4 Å². The maximum Gasteiger partial charge on any atom is 0.257 e. The Morgan fingerprint density at radius 3 is 2.35 bits per heavy atom. The van der Waals surface area contributed by atoms with Gasteiger partial charge in [-0.2, -0.15) is 4.98 Å².